The Labute approximate surface area is 206 Å². The highest BCUT2D eigenvalue weighted by Crippen LogP contribution is 2.28. The molecular weight excluding hydrogens is 446 g/mol. The Bertz CT molecular complexity index is 1080. The first kappa shape index (κ1) is 26.2. The van der Waals surface area contributed by atoms with Crippen LogP contribution in [0, 0.1) is 12.8 Å². The van der Waals surface area contributed by atoms with Gasteiger partial charge in [0.2, 0.25) is 5.82 Å². The Morgan fingerprint density at radius 3 is 2.63 bits per heavy atom. The number of guanidine groups is 1. The molecule has 1 aliphatic rings. The number of aliphatic imine (C=N–C) groups is 1. The summed E-state index contributed by atoms with van der Waals surface area (Å²) in [5, 5.41) is 7.06. The fraction of sp³-hybridized carbons (Fsp3) is 0.560. The van der Waals surface area contributed by atoms with E-state index in [1.54, 1.807) is 6.92 Å². The summed E-state index contributed by atoms with van der Waals surface area (Å²) in [4.78, 5) is 39.1. The maximum absolute atomic E-state index is 13.2. The topological polar surface area (TPSA) is 158 Å². The molecule has 190 valence electrons. The summed E-state index contributed by atoms with van der Waals surface area (Å²) < 4.78 is 5.15. The number of nitrogens with two attached hydrogens (primary N) is 2. The number of aryl methyl sites for hydroxylation is 1. The number of fused-ring (bicyclic) bond motifs is 1. The molecule has 3 atom stereocenters. The van der Waals surface area contributed by atoms with Gasteiger partial charge in [0.05, 0.1) is 24.2 Å². The van der Waals surface area contributed by atoms with Crippen LogP contribution in [0.1, 0.15) is 69.1 Å². The molecule has 1 saturated carbocycles. The van der Waals surface area contributed by atoms with Gasteiger partial charge in [-0.1, -0.05) is 38.3 Å². The largest absolute Gasteiger partial charge is 0.464 e. The molecule has 2 aromatic rings. The number of aromatic nitrogens is 2. The van der Waals surface area contributed by atoms with Gasteiger partial charge in [-0.15, -0.1) is 0 Å². The number of carbonyl (C=O) groups excluding carboxylic acids is 2. The second kappa shape index (κ2) is 11.8. The van der Waals surface area contributed by atoms with E-state index in [2.05, 4.69) is 25.6 Å². The average molecular weight is 484 g/mol. The summed E-state index contributed by atoms with van der Waals surface area (Å²) in [6.45, 7) is 7.92. The molecule has 0 spiro atoms. The van der Waals surface area contributed by atoms with Crippen molar-refractivity contribution in [3.05, 3.63) is 29.6 Å². The lowest BCUT2D eigenvalue weighted by Crippen LogP contribution is -2.43. The molecule has 0 saturated heterocycles. The van der Waals surface area contributed by atoms with E-state index in [0.29, 0.717) is 17.8 Å². The van der Waals surface area contributed by atoms with Gasteiger partial charge in [-0.3, -0.25) is 4.79 Å². The summed E-state index contributed by atoms with van der Waals surface area (Å²) in [6, 6.07) is 4.89. The second-order valence-electron chi connectivity index (χ2n) is 9.48. The van der Waals surface area contributed by atoms with Crippen LogP contribution in [0.4, 0.5) is 5.82 Å². The van der Waals surface area contributed by atoms with E-state index in [0.717, 1.165) is 36.6 Å². The Balaban J connectivity index is 1.95. The molecular formula is C25H37N7O3. The number of benzene rings is 1. The molecule has 0 aliphatic heterocycles. The molecule has 35 heavy (non-hydrogen) atoms. The van der Waals surface area contributed by atoms with Crippen molar-refractivity contribution in [3.63, 3.8) is 0 Å². The highest BCUT2D eigenvalue weighted by molar-refractivity contribution is 5.98. The number of rotatable bonds is 9. The van der Waals surface area contributed by atoms with E-state index in [1.165, 1.54) is 0 Å². The van der Waals surface area contributed by atoms with Crippen LogP contribution in [-0.2, 0) is 9.53 Å². The van der Waals surface area contributed by atoms with Gasteiger partial charge in [0, 0.05) is 5.39 Å². The summed E-state index contributed by atoms with van der Waals surface area (Å²) in [6.07, 6.45) is 4.27. The van der Waals surface area contributed by atoms with Crippen LogP contribution >= 0.6 is 0 Å². The van der Waals surface area contributed by atoms with Gasteiger partial charge in [-0.25, -0.2) is 19.8 Å². The van der Waals surface area contributed by atoms with E-state index < -0.39 is 17.9 Å². The maximum Gasteiger partial charge on any atom is 0.328 e. The highest BCUT2D eigenvalue weighted by atomic mass is 16.5. The molecule has 1 amide bonds. The average Bonchev–Trinajstić information content (AvgIpc) is 2.79. The van der Waals surface area contributed by atoms with Crippen molar-refractivity contribution < 1.29 is 14.3 Å². The molecule has 0 bridgehead atoms. The van der Waals surface area contributed by atoms with Crippen molar-refractivity contribution >= 4 is 34.6 Å². The SMILES string of the molecule is CCOC(=O)[C@H](CC(C)C)NC(=O)c1nc(NC2CCCCC2N=C(N)N)c2cc(C)ccc2n1. The van der Waals surface area contributed by atoms with Crippen LogP contribution in [0.5, 0.6) is 0 Å². The maximum atomic E-state index is 13.2. The van der Waals surface area contributed by atoms with Gasteiger partial charge in [0.1, 0.15) is 11.9 Å². The number of nitrogens with one attached hydrogen (secondary N) is 2. The minimum absolute atomic E-state index is 0.0175. The summed E-state index contributed by atoms with van der Waals surface area (Å²) >= 11 is 0. The number of hydrogen-bond acceptors (Lipinski definition) is 7. The number of hydrogen-bond donors (Lipinski definition) is 4. The van der Waals surface area contributed by atoms with Crippen LogP contribution < -0.4 is 22.1 Å². The number of carbonyl (C=O) groups is 2. The van der Waals surface area contributed by atoms with E-state index >= 15 is 0 Å². The van der Waals surface area contributed by atoms with Gasteiger partial charge in [0.25, 0.3) is 5.91 Å². The lowest BCUT2D eigenvalue weighted by atomic mass is 9.90. The number of nitrogens with zero attached hydrogens (tertiary/aromatic N) is 3. The lowest BCUT2D eigenvalue weighted by molar-refractivity contribution is -0.145. The van der Waals surface area contributed by atoms with Crippen LogP contribution in [-0.4, -0.2) is 52.5 Å². The van der Waals surface area contributed by atoms with Gasteiger partial charge >= 0.3 is 5.97 Å². The zero-order valence-corrected chi connectivity index (χ0v) is 21.0. The zero-order valence-electron chi connectivity index (χ0n) is 21.0. The van der Waals surface area contributed by atoms with Crippen molar-refractivity contribution in [1.29, 1.82) is 0 Å². The molecule has 6 N–H and O–H groups in total. The molecule has 1 heterocycles. The van der Waals surface area contributed by atoms with E-state index in [9.17, 15) is 9.59 Å². The molecule has 0 radical (unpaired) electrons. The minimum Gasteiger partial charge on any atom is -0.464 e. The Hall–Kier alpha value is -3.43. The smallest absolute Gasteiger partial charge is 0.328 e. The zero-order chi connectivity index (χ0) is 25.5. The molecule has 2 unspecified atom stereocenters. The monoisotopic (exact) mass is 483 g/mol. The summed E-state index contributed by atoms with van der Waals surface area (Å²) in [7, 11) is 0. The third-order valence-electron chi connectivity index (χ3n) is 6.00. The normalized spacial score (nSPS) is 18.7. The Kier molecular flexibility index (Phi) is 8.84. The minimum atomic E-state index is -0.777. The highest BCUT2D eigenvalue weighted by Gasteiger charge is 2.28. The number of esters is 1. The van der Waals surface area contributed by atoms with Crippen LogP contribution in [0.2, 0.25) is 0 Å². The molecule has 3 rings (SSSR count). The second-order valence-corrected chi connectivity index (χ2v) is 9.48. The van der Waals surface area contributed by atoms with Crippen molar-refractivity contribution in [2.24, 2.45) is 22.4 Å². The summed E-state index contributed by atoms with van der Waals surface area (Å²) in [5.41, 5.74) is 13.0. The fourth-order valence-electron chi connectivity index (χ4n) is 4.41. The van der Waals surface area contributed by atoms with Gasteiger partial charge in [0.15, 0.2) is 5.96 Å². The summed E-state index contributed by atoms with van der Waals surface area (Å²) in [5.74, 6) is -0.229. The number of anilines is 1. The fourth-order valence-corrected chi connectivity index (χ4v) is 4.41. The quantitative estimate of drug-likeness (QED) is 0.241. The van der Waals surface area contributed by atoms with Crippen LogP contribution in [0.15, 0.2) is 23.2 Å². The van der Waals surface area contributed by atoms with Crippen molar-refractivity contribution in [3.8, 4) is 0 Å². The Morgan fingerprint density at radius 1 is 1.20 bits per heavy atom. The first-order chi connectivity index (χ1) is 16.7. The molecule has 10 heteroatoms. The van der Waals surface area contributed by atoms with E-state index in [-0.39, 0.29) is 36.4 Å². The predicted octanol–water partition coefficient (Wildman–Crippen LogP) is 2.64. The van der Waals surface area contributed by atoms with E-state index in [1.807, 2.05) is 39.0 Å². The van der Waals surface area contributed by atoms with Crippen molar-refractivity contribution in [2.45, 2.75) is 77.9 Å². The van der Waals surface area contributed by atoms with Crippen molar-refractivity contribution in [2.75, 3.05) is 11.9 Å². The third-order valence-corrected chi connectivity index (χ3v) is 6.00. The number of ether oxygens (including phenoxy) is 1. The molecule has 10 nitrogen and oxygen atoms in total. The van der Waals surface area contributed by atoms with Gasteiger partial charge in [-0.05, 0) is 51.2 Å². The van der Waals surface area contributed by atoms with Crippen LogP contribution in [0.25, 0.3) is 10.9 Å². The number of amides is 1. The van der Waals surface area contributed by atoms with Gasteiger partial charge < -0.3 is 26.8 Å². The van der Waals surface area contributed by atoms with Gasteiger partial charge in [-0.2, -0.15) is 0 Å². The van der Waals surface area contributed by atoms with E-state index in [4.69, 9.17) is 16.2 Å². The standard InChI is InChI=1S/C25H37N7O3/c1-5-35-24(34)20(12-14(2)3)30-23(33)22-28-17-11-10-15(4)13-16(17)21(32-22)29-18-8-6-7-9-19(18)31-25(26)27/h10-11,13-14,18-20H,5-9,12H2,1-4H3,(H,30,33)(H4,26,27,31)(H,28,29,32)/t18?,19?,20-/m0/s1. The first-order valence-corrected chi connectivity index (χ1v) is 12.3. The molecule has 1 aromatic heterocycles. The molecule has 1 aliphatic carbocycles. The lowest BCUT2D eigenvalue weighted by Gasteiger charge is -2.30. The van der Waals surface area contributed by atoms with Crippen molar-refractivity contribution in [1.82, 2.24) is 15.3 Å². The third kappa shape index (κ3) is 7.03. The Morgan fingerprint density at radius 2 is 1.94 bits per heavy atom. The first-order valence-electron chi connectivity index (χ1n) is 12.3. The predicted molar refractivity (Wildman–Crippen MR) is 137 cm³/mol. The molecule has 1 aromatic carbocycles. The van der Waals surface area contributed by atoms with Crippen LogP contribution in [0.3, 0.4) is 0 Å². The molecule has 1 fully saturated rings.